The van der Waals surface area contributed by atoms with E-state index in [9.17, 15) is 5.11 Å². The molecule has 12 heavy (non-hydrogen) atoms. The van der Waals surface area contributed by atoms with Crippen LogP contribution in [0, 0.1) is 5.92 Å². The lowest BCUT2D eigenvalue weighted by Gasteiger charge is -2.31. The highest BCUT2D eigenvalue weighted by atomic mass is 16.3. The van der Waals surface area contributed by atoms with Gasteiger partial charge < -0.3 is 16.6 Å². The molecule has 5 N–H and O–H groups in total. The van der Waals surface area contributed by atoms with E-state index in [0.29, 0.717) is 5.92 Å². The molecule has 0 aromatic heterocycles. The van der Waals surface area contributed by atoms with Gasteiger partial charge in [0.1, 0.15) is 0 Å². The van der Waals surface area contributed by atoms with Gasteiger partial charge in [-0.2, -0.15) is 0 Å². The molecule has 1 aliphatic carbocycles. The fourth-order valence-electron chi connectivity index (χ4n) is 1.92. The molecule has 72 valence electrons. The first-order valence-electron chi connectivity index (χ1n) is 4.80. The molecule has 1 fully saturated rings. The summed E-state index contributed by atoms with van der Waals surface area (Å²) in [4.78, 5) is 0. The quantitative estimate of drug-likeness (QED) is 0.557. The summed E-state index contributed by atoms with van der Waals surface area (Å²) in [6, 6.07) is 0.183. The van der Waals surface area contributed by atoms with E-state index < -0.39 is 0 Å². The molecule has 0 saturated heterocycles. The summed E-state index contributed by atoms with van der Waals surface area (Å²) < 4.78 is 0. The lowest BCUT2D eigenvalue weighted by molar-refractivity contribution is 0.0994. The van der Waals surface area contributed by atoms with Crippen LogP contribution in [0.15, 0.2) is 0 Å². The van der Waals surface area contributed by atoms with Crippen LogP contribution in [0.25, 0.3) is 0 Å². The zero-order valence-corrected chi connectivity index (χ0v) is 7.74. The second kappa shape index (κ2) is 4.21. The SMILES string of the molecule is CC(N)C(N)C1CCC(O)CC1. The molecule has 0 amide bonds. The first kappa shape index (κ1) is 9.96. The van der Waals surface area contributed by atoms with Crippen molar-refractivity contribution in [3.05, 3.63) is 0 Å². The normalized spacial score (nSPS) is 36.0. The van der Waals surface area contributed by atoms with Crippen molar-refractivity contribution in [2.24, 2.45) is 17.4 Å². The average molecular weight is 172 g/mol. The maximum atomic E-state index is 9.28. The van der Waals surface area contributed by atoms with E-state index in [2.05, 4.69) is 0 Å². The van der Waals surface area contributed by atoms with Crippen molar-refractivity contribution < 1.29 is 5.11 Å². The van der Waals surface area contributed by atoms with E-state index in [1.165, 1.54) is 0 Å². The van der Waals surface area contributed by atoms with Crippen LogP contribution in [0.5, 0.6) is 0 Å². The summed E-state index contributed by atoms with van der Waals surface area (Å²) >= 11 is 0. The Morgan fingerprint density at radius 1 is 1.17 bits per heavy atom. The van der Waals surface area contributed by atoms with Gasteiger partial charge in [-0.15, -0.1) is 0 Å². The minimum absolute atomic E-state index is 0.0743. The molecule has 0 aromatic rings. The molecule has 0 bridgehead atoms. The molecule has 3 nitrogen and oxygen atoms in total. The number of nitrogens with two attached hydrogens (primary N) is 2. The summed E-state index contributed by atoms with van der Waals surface area (Å²) in [7, 11) is 0. The minimum atomic E-state index is -0.0958. The third kappa shape index (κ3) is 2.44. The Balaban J connectivity index is 2.34. The Bertz CT molecular complexity index is 130. The van der Waals surface area contributed by atoms with Crippen molar-refractivity contribution in [1.29, 1.82) is 0 Å². The molecular formula is C9H20N2O. The van der Waals surface area contributed by atoms with Crippen molar-refractivity contribution in [1.82, 2.24) is 0 Å². The topological polar surface area (TPSA) is 72.3 Å². The summed E-state index contributed by atoms with van der Waals surface area (Å²) in [6.45, 7) is 1.95. The molecule has 2 unspecified atom stereocenters. The molecule has 1 rings (SSSR count). The highest BCUT2D eigenvalue weighted by Gasteiger charge is 2.26. The van der Waals surface area contributed by atoms with E-state index in [4.69, 9.17) is 11.5 Å². The zero-order chi connectivity index (χ0) is 9.14. The zero-order valence-electron chi connectivity index (χ0n) is 7.74. The summed E-state index contributed by atoms with van der Waals surface area (Å²) in [5, 5.41) is 9.28. The largest absolute Gasteiger partial charge is 0.393 e. The van der Waals surface area contributed by atoms with Gasteiger partial charge in [-0.25, -0.2) is 0 Å². The van der Waals surface area contributed by atoms with Crippen LogP contribution in [0.2, 0.25) is 0 Å². The highest BCUT2D eigenvalue weighted by Crippen LogP contribution is 2.26. The summed E-state index contributed by atoms with van der Waals surface area (Å²) in [5.41, 5.74) is 11.6. The Hall–Kier alpha value is -0.120. The lowest BCUT2D eigenvalue weighted by atomic mass is 9.81. The molecule has 1 saturated carbocycles. The summed E-state index contributed by atoms with van der Waals surface area (Å²) in [6.07, 6.45) is 3.76. The standard InChI is InChI=1S/C9H20N2O/c1-6(10)9(11)7-2-4-8(12)5-3-7/h6-9,12H,2-5,10-11H2,1H3. The van der Waals surface area contributed by atoms with Crippen LogP contribution >= 0.6 is 0 Å². The number of rotatable bonds is 2. The Labute approximate surface area is 74.1 Å². The van der Waals surface area contributed by atoms with Gasteiger partial charge in [-0.05, 0) is 38.5 Å². The maximum absolute atomic E-state index is 9.28. The predicted molar refractivity (Wildman–Crippen MR) is 49.6 cm³/mol. The van der Waals surface area contributed by atoms with Crippen molar-refractivity contribution in [2.75, 3.05) is 0 Å². The molecule has 0 heterocycles. The lowest BCUT2D eigenvalue weighted by Crippen LogP contribution is -2.46. The van der Waals surface area contributed by atoms with E-state index in [-0.39, 0.29) is 18.2 Å². The van der Waals surface area contributed by atoms with Gasteiger partial charge in [0.2, 0.25) is 0 Å². The van der Waals surface area contributed by atoms with Crippen LogP contribution in [-0.2, 0) is 0 Å². The van der Waals surface area contributed by atoms with Gasteiger partial charge in [0, 0.05) is 12.1 Å². The third-order valence-electron chi connectivity index (χ3n) is 2.89. The molecule has 0 aromatic carbocycles. The maximum Gasteiger partial charge on any atom is 0.0540 e. The Morgan fingerprint density at radius 2 is 1.67 bits per heavy atom. The van der Waals surface area contributed by atoms with Crippen LogP contribution in [0.4, 0.5) is 0 Å². The minimum Gasteiger partial charge on any atom is -0.393 e. The number of hydrogen-bond acceptors (Lipinski definition) is 3. The molecule has 2 atom stereocenters. The van der Waals surface area contributed by atoms with E-state index in [0.717, 1.165) is 25.7 Å². The monoisotopic (exact) mass is 172 g/mol. The first-order chi connectivity index (χ1) is 5.61. The Morgan fingerprint density at radius 3 is 2.08 bits per heavy atom. The second-order valence-corrected chi connectivity index (χ2v) is 4.01. The summed E-state index contributed by atoms with van der Waals surface area (Å²) in [5.74, 6) is 0.522. The van der Waals surface area contributed by atoms with Gasteiger partial charge in [0.15, 0.2) is 0 Å². The highest BCUT2D eigenvalue weighted by molar-refractivity contribution is 4.84. The van der Waals surface area contributed by atoms with Gasteiger partial charge in [-0.3, -0.25) is 0 Å². The molecule has 3 heteroatoms. The van der Waals surface area contributed by atoms with Crippen LogP contribution in [0.1, 0.15) is 32.6 Å². The smallest absolute Gasteiger partial charge is 0.0540 e. The van der Waals surface area contributed by atoms with Gasteiger partial charge in [0.05, 0.1) is 6.10 Å². The van der Waals surface area contributed by atoms with Gasteiger partial charge >= 0.3 is 0 Å². The van der Waals surface area contributed by atoms with Crippen molar-refractivity contribution >= 4 is 0 Å². The van der Waals surface area contributed by atoms with E-state index in [1.807, 2.05) is 6.92 Å². The van der Waals surface area contributed by atoms with Crippen LogP contribution in [-0.4, -0.2) is 23.3 Å². The van der Waals surface area contributed by atoms with Gasteiger partial charge in [-0.1, -0.05) is 0 Å². The van der Waals surface area contributed by atoms with E-state index in [1.54, 1.807) is 0 Å². The van der Waals surface area contributed by atoms with Crippen LogP contribution in [0.3, 0.4) is 0 Å². The van der Waals surface area contributed by atoms with Crippen LogP contribution < -0.4 is 11.5 Å². The number of aliphatic hydroxyl groups is 1. The number of hydrogen-bond donors (Lipinski definition) is 3. The molecule has 1 aliphatic rings. The predicted octanol–water partition coefficient (Wildman–Crippen LogP) is 0.212. The second-order valence-electron chi connectivity index (χ2n) is 4.01. The Kier molecular flexibility index (Phi) is 3.50. The molecule has 0 aliphatic heterocycles. The van der Waals surface area contributed by atoms with Crippen molar-refractivity contribution in [3.63, 3.8) is 0 Å². The third-order valence-corrected chi connectivity index (χ3v) is 2.89. The van der Waals surface area contributed by atoms with E-state index >= 15 is 0 Å². The molecule has 0 spiro atoms. The van der Waals surface area contributed by atoms with Crippen molar-refractivity contribution in [2.45, 2.75) is 50.8 Å². The fourth-order valence-corrected chi connectivity index (χ4v) is 1.92. The van der Waals surface area contributed by atoms with Crippen molar-refractivity contribution in [3.8, 4) is 0 Å². The number of aliphatic hydroxyl groups excluding tert-OH is 1. The van der Waals surface area contributed by atoms with Gasteiger partial charge in [0.25, 0.3) is 0 Å². The molecular weight excluding hydrogens is 152 g/mol. The first-order valence-corrected chi connectivity index (χ1v) is 4.80. The average Bonchev–Trinajstić information content (AvgIpc) is 2.04. The fraction of sp³-hybridized carbons (Fsp3) is 1.00. The molecule has 0 radical (unpaired) electrons.